The number of amides is 1. The number of methoxy groups -OCH3 is 1. The maximum atomic E-state index is 13.6. The number of halogens is 2. The fraction of sp³-hybridized carbons (Fsp3) is 0.419. The van der Waals surface area contributed by atoms with Crippen molar-refractivity contribution in [1.82, 2.24) is 20.5 Å². The molecule has 3 N–H and O–H groups in total. The maximum Gasteiger partial charge on any atom is 0.272 e. The molecule has 12 heteroatoms. The Balaban J connectivity index is 1.24. The zero-order valence-electron chi connectivity index (χ0n) is 24.5. The summed E-state index contributed by atoms with van der Waals surface area (Å²) in [5, 5.41) is 15.4. The van der Waals surface area contributed by atoms with Crippen LogP contribution in [0.5, 0.6) is 5.75 Å². The van der Waals surface area contributed by atoms with Crippen LogP contribution < -0.4 is 20.8 Å². The summed E-state index contributed by atoms with van der Waals surface area (Å²) in [4.78, 5) is 13.1. The number of alkyl halides is 2. The molecule has 0 spiro atoms. The molecule has 0 atom stereocenters. The fourth-order valence-electron chi connectivity index (χ4n) is 5.36. The van der Waals surface area contributed by atoms with Crippen LogP contribution in [0.2, 0.25) is 0 Å². The van der Waals surface area contributed by atoms with Gasteiger partial charge in [0.15, 0.2) is 10.8 Å². The molecular formula is C31H36F2N6O3S. The maximum absolute atomic E-state index is 13.6. The molecule has 1 aliphatic heterocycles. The minimum atomic E-state index is -2.65. The van der Waals surface area contributed by atoms with Gasteiger partial charge in [0.2, 0.25) is 5.92 Å². The lowest BCUT2D eigenvalue weighted by Crippen LogP contribution is -2.40. The number of nitrogens with one attached hydrogen (secondary N) is 3. The summed E-state index contributed by atoms with van der Waals surface area (Å²) in [6, 6.07) is 13.1. The number of carbonyl (C=O) groups excluding carboxylic acids is 1. The normalized spacial score (nSPS) is 16.6. The van der Waals surface area contributed by atoms with E-state index in [1.807, 2.05) is 42.5 Å². The first-order chi connectivity index (χ1) is 20.6. The van der Waals surface area contributed by atoms with E-state index in [9.17, 15) is 13.6 Å². The van der Waals surface area contributed by atoms with E-state index in [1.165, 1.54) is 0 Å². The molecule has 2 heterocycles. The summed E-state index contributed by atoms with van der Waals surface area (Å²) in [7, 11) is 1.62. The van der Waals surface area contributed by atoms with Crippen molar-refractivity contribution in [2.45, 2.75) is 70.4 Å². The molecule has 2 aliphatic rings. The Morgan fingerprint density at radius 3 is 2.65 bits per heavy atom. The van der Waals surface area contributed by atoms with Gasteiger partial charge in [0.25, 0.3) is 5.91 Å². The number of aromatic nitrogens is 2. The number of carbonyl (C=O) groups is 1. The van der Waals surface area contributed by atoms with Crippen molar-refractivity contribution in [3.63, 3.8) is 0 Å². The molecule has 1 amide bonds. The number of rotatable bonds is 8. The first kappa shape index (κ1) is 30.6. The van der Waals surface area contributed by atoms with Crippen LogP contribution in [-0.2, 0) is 17.8 Å². The smallest absolute Gasteiger partial charge is 0.272 e. The lowest BCUT2D eigenvalue weighted by atomic mass is 9.92. The summed E-state index contributed by atoms with van der Waals surface area (Å²) < 4.78 is 39.9. The van der Waals surface area contributed by atoms with Crippen molar-refractivity contribution in [3.8, 4) is 11.4 Å². The fourth-order valence-corrected chi connectivity index (χ4v) is 5.53. The molecule has 0 bridgehead atoms. The number of hydrogen-bond donors (Lipinski definition) is 3. The number of ether oxygens (including phenoxy) is 2. The predicted molar refractivity (Wildman–Crippen MR) is 166 cm³/mol. The molecular weight excluding hydrogens is 574 g/mol. The molecule has 1 aromatic heterocycles. The van der Waals surface area contributed by atoms with E-state index < -0.39 is 5.92 Å². The number of thiocarbonyl (C=S) groups is 1. The highest BCUT2D eigenvalue weighted by atomic mass is 32.1. The van der Waals surface area contributed by atoms with Crippen LogP contribution in [-0.4, -0.2) is 52.7 Å². The van der Waals surface area contributed by atoms with Crippen molar-refractivity contribution in [1.29, 1.82) is 0 Å². The van der Waals surface area contributed by atoms with Crippen molar-refractivity contribution in [2.75, 3.05) is 19.0 Å². The van der Waals surface area contributed by atoms with E-state index in [0.29, 0.717) is 24.1 Å². The van der Waals surface area contributed by atoms with Crippen molar-refractivity contribution < 1.29 is 23.0 Å². The van der Waals surface area contributed by atoms with E-state index in [4.69, 9.17) is 21.7 Å². The van der Waals surface area contributed by atoms with Gasteiger partial charge in [0.1, 0.15) is 5.75 Å². The van der Waals surface area contributed by atoms with Crippen LogP contribution in [0.3, 0.4) is 0 Å². The van der Waals surface area contributed by atoms with Gasteiger partial charge in [-0.3, -0.25) is 10.2 Å². The first-order valence-corrected chi connectivity index (χ1v) is 14.8. The van der Waals surface area contributed by atoms with Crippen LogP contribution in [0, 0.1) is 0 Å². The minimum absolute atomic E-state index is 0.220. The van der Waals surface area contributed by atoms with Crippen LogP contribution in [0.15, 0.2) is 47.6 Å². The Morgan fingerprint density at radius 2 is 1.95 bits per heavy atom. The van der Waals surface area contributed by atoms with E-state index in [1.54, 1.807) is 18.0 Å². The van der Waals surface area contributed by atoms with Gasteiger partial charge in [-0.1, -0.05) is 32.0 Å². The number of hydrogen-bond acceptors (Lipinski definition) is 6. The Morgan fingerprint density at radius 1 is 1.21 bits per heavy atom. The quantitative estimate of drug-likeness (QED) is 0.171. The highest BCUT2D eigenvalue weighted by Crippen LogP contribution is 2.33. The number of nitrogens with zero attached hydrogens (tertiary/aromatic N) is 3. The average molecular weight is 611 g/mol. The topological polar surface area (TPSA) is 102 Å². The second-order valence-electron chi connectivity index (χ2n) is 11.1. The Hall–Kier alpha value is -3.90. The summed E-state index contributed by atoms with van der Waals surface area (Å²) in [6.07, 6.45) is 2.32. The number of benzene rings is 2. The minimum Gasteiger partial charge on any atom is -0.497 e. The Kier molecular flexibility index (Phi) is 9.36. The standard InChI is InChI=1S/C31H36F2N6O3S/c1-19(2)24-9-8-23(41-3)16-26(24)36-30(43)37-34-17-20-4-6-22(7-5-20)39-27-12-15-42-18-25(27)28(38-39)29(40)35-21-10-13-31(32,33)14-11-21/h4-9,16-17,19,21H,10-15,18H2,1-3H3,(H,35,40)(H2,36,37,43). The summed E-state index contributed by atoms with van der Waals surface area (Å²) in [6.45, 7) is 5.02. The number of fused-ring (bicyclic) bond motifs is 1. The van der Waals surface area contributed by atoms with E-state index in [0.717, 1.165) is 39.5 Å². The molecule has 0 radical (unpaired) electrons. The van der Waals surface area contributed by atoms with Crippen LogP contribution >= 0.6 is 12.2 Å². The molecule has 1 saturated carbocycles. The van der Waals surface area contributed by atoms with Crippen LogP contribution in [0.1, 0.15) is 78.3 Å². The predicted octanol–water partition coefficient (Wildman–Crippen LogP) is 5.71. The van der Waals surface area contributed by atoms with Gasteiger partial charge in [-0.2, -0.15) is 10.2 Å². The monoisotopic (exact) mass is 610 g/mol. The third-order valence-electron chi connectivity index (χ3n) is 7.73. The lowest BCUT2D eigenvalue weighted by Gasteiger charge is -2.28. The van der Waals surface area contributed by atoms with E-state index >= 15 is 0 Å². The molecule has 43 heavy (non-hydrogen) atoms. The van der Waals surface area contributed by atoms with Crippen LogP contribution in [0.25, 0.3) is 5.69 Å². The summed E-state index contributed by atoms with van der Waals surface area (Å²) in [5.74, 6) is -1.98. The summed E-state index contributed by atoms with van der Waals surface area (Å²) >= 11 is 5.44. The molecule has 0 saturated heterocycles. The van der Waals surface area contributed by atoms with Crippen molar-refractivity contribution in [2.24, 2.45) is 5.10 Å². The zero-order valence-corrected chi connectivity index (χ0v) is 25.3. The highest BCUT2D eigenvalue weighted by Gasteiger charge is 2.36. The lowest BCUT2D eigenvalue weighted by molar-refractivity contribution is -0.0399. The molecule has 1 aliphatic carbocycles. The van der Waals surface area contributed by atoms with Gasteiger partial charge >= 0.3 is 0 Å². The van der Waals surface area contributed by atoms with Gasteiger partial charge in [0.05, 0.1) is 37.9 Å². The third kappa shape index (κ3) is 7.37. The molecule has 228 valence electrons. The van der Waals surface area contributed by atoms with E-state index in [2.05, 4.69) is 40.1 Å². The van der Waals surface area contributed by atoms with Gasteiger partial charge < -0.3 is 20.1 Å². The highest BCUT2D eigenvalue weighted by molar-refractivity contribution is 7.80. The molecule has 9 nitrogen and oxygen atoms in total. The van der Waals surface area contributed by atoms with Crippen molar-refractivity contribution in [3.05, 3.63) is 70.5 Å². The van der Waals surface area contributed by atoms with Gasteiger partial charge in [-0.05, 0) is 60.3 Å². The second-order valence-corrected chi connectivity index (χ2v) is 11.5. The zero-order chi connectivity index (χ0) is 30.6. The Labute approximate surface area is 255 Å². The van der Waals surface area contributed by atoms with Crippen molar-refractivity contribution >= 4 is 35.1 Å². The Bertz CT molecular complexity index is 1500. The number of hydrazone groups is 1. The number of anilines is 1. The molecule has 1 fully saturated rings. The molecule has 5 rings (SSSR count). The SMILES string of the molecule is COc1ccc(C(C)C)c(NC(=S)NN=Cc2ccc(-n3nc(C(=O)NC4CCC(F)(F)CC4)c4c3CCOC4)cc2)c1. The second kappa shape index (κ2) is 13.2. The molecule has 3 aromatic rings. The first-order valence-electron chi connectivity index (χ1n) is 14.4. The summed E-state index contributed by atoms with van der Waals surface area (Å²) in [5.41, 5.74) is 8.36. The third-order valence-corrected chi connectivity index (χ3v) is 7.93. The average Bonchev–Trinajstić information content (AvgIpc) is 3.38. The molecule has 2 aromatic carbocycles. The molecule has 0 unspecified atom stereocenters. The van der Waals surface area contributed by atoms with Gasteiger partial charge in [-0.15, -0.1) is 0 Å². The van der Waals surface area contributed by atoms with Gasteiger partial charge in [-0.25, -0.2) is 13.5 Å². The van der Waals surface area contributed by atoms with E-state index in [-0.39, 0.29) is 49.9 Å². The largest absolute Gasteiger partial charge is 0.497 e. The van der Waals surface area contributed by atoms with Gasteiger partial charge in [0, 0.05) is 42.6 Å². The van der Waals surface area contributed by atoms with Crippen LogP contribution in [0.4, 0.5) is 14.5 Å².